The number of anilines is 4. The molecule has 0 unspecified atom stereocenters. The van der Waals surface area contributed by atoms with Crippen molar-refractivity contribution in [2.45, 2.75) is 51.4 Å². The van der Waals surface area contributed by atoms with Crippen molar-refractivity contribution in [3.63, 3.8) is 0 Å². The van der Waals surface area contributed by atoms with Crippen molar-refractivity contribution >= 4 is 28.8 Å². The van der Waals surface area contributed by atoms with Crippen LogP contribution in [0.25, 0.3) is 33.9 Å². The third kappa shape index (κ3) is 10.7. The second kappa shape index (κ2) is 19.4. The van der Waals surface area contributed by atoms with Crippen LogP contribution in [0.2, 0.25) is 0 Å². The summed E-state index contributed by atoms with van der Waals surface area (Å²) in [6.07, 6.45) is 14.0. The molecule has 2 aliphatic rings. The first kappa shape index (κ1) is 38.8. The van der Waals surface area contributed by atoms with E-state index in [4.69, 9.17) is 0 Å². The largest absolute Gasteiger partial charge is 0.385 e. The topological polar surface area (TPSA) is 133 Å². The van der Waals surface area contributed by atoms with Gasteiger partial charge in [-0.15, -0.1) is 10.2 Å². The van der Waals surface area contributed by atoms with Crippen molar-refractivity contribution in [2.75, 3.05) is 73.6 Å². The lowest BCUT2D eigenvalue weighted by atomic mass is 10.1. The normalized spacial score (nSPS) is 14.5. The fourth-order valence-corrected chi connectivity index (χ4v) is 7.65. The Morgan fingerprint density at radius 1 is 0.483 bits per heavy atom. The van der Waals surface area contributed by atoms with Gasteiger partial charge < -0.3 is 31.1 Å². The van der Waals surface area contributed by atoms with E-state index < -0.39 is 0 Å². The molecule has 2 fully saturated rings. The number of nitrogens with one attached hydrogen (secondary N) is 4. The van der Waals surface area contributed by atoms with Gasteiger partial charge in [-0.1, -0.05) is 34.7 Å². The highest BCUT2D eigenvalue weighted by Crippen LogP contribution is 2.24. The van der Waals surface area contributed by atoms with E-state index in [1.807, 2.05) is 85.2 Å². The summed E-state index contributed by atoms with van der Waals surface area (Å²) in [5.74, 6) is 0. The summed E-state index contributed by atoms with van der Waals surface area (Å²) in [6.45, 7) is 9.42. The lowest BCUT2D eigenvalue weighted by molar-refractivity contribution is 0.262. The van der Waals surface area contributed by atoms with E-state index in [1.54, 1.807) is 9.36 Å². The molecule has 0 saturated carbocycles. The molecule has 4 heterocycles. The Balaban J connectivity index is 0.762. The zero-order valence-corrected chi connectivity index (χ0v) is 33.2. The van der Waals surface area contributed by atoms with Crippen molar-refractivity contribution in [1.29, 1.82) is 0 Å². The zero-order valence-electron chi connectivity index (χ0n) is 33.2. The standard InChI is InChI=1S/C45H54N12O/c58-45(48-39-13-9-35(10-14-39)43-33-56(52-50-43)41-21-17-37(18-22-41)46-25-1-3-27-54-29-5-6-30-54)49-40-15-11-36(12-16-40)44-34-57(53-51-44)42-23-19-38(20-24-42)47-26-2-4-28-55-31-7-8-32-55/h9-24,33-34,46-47H,1-8,25-32H2,(H2,48,49,58). The molecule has 300 valence electrons. The number of amides is 2. The van der Waals surface area contributed by atoms with Crippen molar-refractivity contribution in [3.05, 3.63) is 109 Å². The number of aromatic nitrogens is 6. The first-order valence-corrected chi connectivity index (χ1v) is 20.9. The second-order valence-electron chi connectivity index (χ2n) is 15.3. The van der Waals surface area contributed by atoms with Gasteiger partial charge in [0.1, 0.15) is 11.4 Å². The van der Waals surface area contributed by atoms with Crippen molar-refractivity contribution in [3.8, 4) is 33.9 Å². The van der Waals surface area contributed by atoms with Gasteiger partial charge in [-0.05, 0) is 163 Å². The van der Waals surface area contributed by atoms with Crippen LogP contribution in [0.15, 0.2) is 109 Å². The molecule has 13 heteroatoms. The minimum Gasteiger partial charge on any atom is -0.385 e. The third-order valence-corrected chi connectivity index (χ3v) is 11.0. The summed E-state index contributed by atoms with van der Waals surface area (Å²) in [4.78, 5) is 18.0. The van der Waals surface area contributed by atoms with Gasteiger partial charge in [-0.25, -0.2) is 14.2 Å². The highest BCUT2D eigenvalue weighted by Gasteiger charge is 2.13. The summed E-state index contributed by atoms with van der Waals surface area (Å²) in [5, 5.41) is 30.3. The Morgan fingerprint density at radius 2 is 0.862 bits per heavy atom. The molecular weight excluding hydrogens is 725 g/mol. The SMILES string of the molecule is O=C(Nc1ccc(-c2cn(-c3ccc(NCCCCN4CCCC4)cc3)nn2)cc1)Nc1ccc(-c2cn(-c3ccc(NCCCCN4CCCC4)cc3)nn2)cc1. The number of nitrogens with zero attached hydrogens (tertiary/aromatic N) is 8. The molecule has 58 heavy (non-hydrogen) atoms. The van der Waals surface area contributed by atoms with Gasteiger partial charge in [0.15, 0.2) is 0 Å². The van der Waals surface area contributed by atoms with Crippen LogP contribution in [-0.2, 0) is 0 Å². The molecule has 4 N–H and O–H groups in total. The monoisotopic (exact) mass is 778 g/mol. The minimum atomic E-state index is -0.336. The maximum absolute atomic E-state index is 12.8. The van der Waals surface area contributed by atoms with Gasteiger partial charge >= 0.3 is 6.03 Å². The van der Waals surface area contributed by atoms with Gasteiger partial charge in [0.05, 0.1) is 23.8 Å². The Morgan fingerprint density at radius 3 is 1.26 bits per heavy atom. The van der Waals surface area contributed by atoms with Crippen LogP contribution in [0.1, 0.15) is 51.4 Å². The third-order valence-electron chi connectivity index (χ3n) is 11.0. The van der Waals surface area contributed by atoms with Crippen LogP contribution in [-0.4, -0.2) is 98.2 Å². The van der Waals surface area contributed by atoms with Gasteiger partial charge in [-0.3, -0.25) is 0 Å². The molecule has 2 aliphatic heterocycles. The number of likely N-dealkylation sites (tertiary alicyclic amines) is 2. The number of hydrogen-bond acceptors (Lipinski definition) is 9. The number of unbranched alkanes of at least 4 members (excludes halogenated alkanes) is 2. The molecule has 0 spiro atoms. The fourth-order valence-electron chi connectivity index (χ4n) is 7.65. The molecule has 4 aromatic carbocycles. The summed E-state index contributed by atoms with van der Waals surface area (Å²) in [5.41, 5.74) is 8.72. The average Bonchev–Trinajstić information content (AvgIpc) is 4.11. The quantitative estimate of drug-likeness (QED) is 0.0635. The number of rotatable bonds is 18. The molecule has 0 bridgehead atoms. The number of carbonyl (C=O) groups excluding carboxylic acids is 1. The average molecular weight is 779 g/mol. The molecule has 2 saturated heterocycles. The predicted octanol–water partition coefficient (Wildman–Crippen LogP) is 8.40. The van der Waals surface area contributed by atoms with Crippen LogP contribution in [0.3, 0.4) is 0 Å². The van der Waals surface area contributed by atoms with E-state index in [-0.39, 0.29) is 6.03 Å². The number of hydrogen-bond donors (Lipinski definition) is 4. The van der Waals surface area contributed by atoms with Crippen LogP contribution in [0.5, 0.6) is 0 Å². The van der Waals surface area contributed by atoms with Crippen LogP contribution in [0, 0.1) is 0 Å². The van der Waals surface area contributed by atoms with E-state index in [2.05, 4.69) is 76.0 Å². The predicted molar refractivity (Wildman–Crippen MR) is 233 cm³/mol. The lowest BCUT2D eigenvalue weighted by Crippen LogP contribution is -2.20. The Kier molecular flexibility index (Phi) is 13.0. The van der Waals surface area contributed by atoms with E-state index >= 15 is 0 Å². The second-order valence-corrected chi connectivity index (χ2v) is 15.3. The van der Waals surface area contributed by atoms with Gasteiger partial charge in [0.25, 0.3) is 0 Å². The van der Waals surface area contributed by atoms with E-state index in [1.165, 1.54) is 90.6 Å². The van der Waals surface area contributed by atoms with Crippen molar-refractivity contribution < 1.29 is 4.79 Å². The first-order valence-electron chi connectivity index (χ1n) is 20.9. The maximum Gasteiger partial charge on any atom is 0.323 e. The summed E-state index contributed by atoms with van der Waals surface area (Å²) >= 11 is 0. The number of carbonyl (C=O) groups is 1. The fraction of sp³-hybridized carbons (Fsp3) is 0.356. The Hall–Kier alpha value is -6.05. The molecule has 0 radical (unpaired) electrons. The first-order chi connectivity index (χ1) is 28.6. The Labute approximate surface area is 340 Å². The zero-order chi connectivity index (χ0) is 39.4. The highest BCUT2D eigenvalue weighted by molar-refractivity contribution is 6.00. The van der Waals surface area contributed by atoms with Crippen LogP contribution in [0.4, 0.5) is 27.5 Å². The van der Waals surface area contributed by atoms with Crippen molar-refractivity contribution in [1.82, 2.24) is 39.8 Å². The summed E-state index contributed by atoms with van der Waals surface area (Å²) in [6, 6.07) is 31.3. The number of benzene rings is 4. The number of urea groups is 1. The smallest absolute Gasteiger partial charge is 0.323 e. The molecule has 13 nitrogen and oxygen atoms in total. The lowest BCUT2D eigenvalue weighted by Gasteiger charge is -2.14. The van der Waals surface area contributed by atoms with Gasteiger partial charge in [-0.2, -0.15) is 0 Å². The maximum atomic E-state index is 12.8. The van der Waals surface area contributed by atoms with E-state index in [0.29, 0.717) is 11.4 Å². The molecule has 6 aromatic rings. The molecular formula is C45H54N12O. The molecule has 0 aliphatic carbocycles. The molecule has 2 aromatic heterocycles. The van der Waals surface area contributed by atoms with Crippen LogP contribution < -0.4 is 21.3 Å². The van der Waals surface area contributed by atoms with E-state index in [9.17, 15) is 4.79 Å². The summed E-state index contributed by atoms with van der Waals surface area (Å²) < 4.78 is 3.55. The van der Waals surface area contributed by atoms with Gasteiger partial charge in [0.2, 0.25) is 0 Å². The van der Waals surface area contributed by atoms with Crippen molar-refractivity contribution in [2.24, 2.45) is 0 Å². The minimum absolute atomic E-state index is 0.336. The highest BCUT2D eigenvalue weighted by atomic mass is 16.2. The van der Waals surface area contributed by atoms with Crippen LogP contribution >= 0.6 is 0 Å². The molecule has 8 rings (SSSR count). The molecule has 0 atom stereocenters. The molecule has 2 amide bonds. The Bertz CT molecular complexity index is 2010. The van der Waals surface area contributed by atoms with E-state index in [0.717, 1.165) is 58.4 Å². The van der Waals surface area contributed by atoms with Gasteiger partial charge in [0, 0.05) is 47.0 Å². The summed E-state index contributed by atoms with van der Waals surface area (Å²) in [7, 11) is 0.